The van der Waals surface area contributed by atoms with Gasteiger partial charge in [-0.15, -0.1) is 0 Å². The lowest BCUT2D eigenvalue weighted by atomic mass is 10.4. The van der Waals surface area contributed by atoms with Crippen molar-refractivity contribution in [1.82, 2.24) is 9.97 Å². The Labute approximate surface area is 69.2 Å². The highest BCUT2D eigenvalue weighted by Crippen LogP contribution is 2.31. The van der Waals surface area contributed by atoms with E-state index in [-0.39, 0.29) is 0 Å². The molecule has 0 fully saturated rings. The maximum Gasteiger partial charge on any atom is 0.432 e. The number of nitrogens with zero attached hydrogens (tertiary/aromatic N) is 1. The van der Waals surface area contributed by atoms with Gasteiger partial charge in [-0.3, -0.25) is 0 Å². The molecular formula is C5H2ClF3N2O. The minimum atomic E-state index is -4.65. The first-order valence-corrected chi connectivity index (χ1v) is 3.11. The number of H-pyrrole nitrogens is 1. The number of halogens is 4. The highest BCUT2D eigenvalue weighted by molar-refractivity contribution is 6.31. The molecule has 0 radical (unpaired) electrons. The van der Waals surface area contributed by atoms with Crippen molar-refractivity contribution in [2.75, 3.05) is 0 Å². The van der Waals surface area contributed by atoms with Crippen molar-refractivity contribution in [1.29, 1.82) is 0 Å². The van der Waals surface area contributed by atoms with Crippen molar-refractivity contribution in [3.05, 3.63) is 27.4 Å². The third-order valence-electron chi connectivity index (χ3n) is 1.05. The second-order valence-corrected chi connectivity index (χ2v) is 2.32. The van der Waals surface area contributed by atoms with Gasteiger partial charge in [0.25, 0.3) is 0 Å². The Hall–Kier alpha value is -1.04. The molecule has 66 valence electrons. The molecule has 0 aliphatic rings. The average Bonchev–Trinajstić information content (AvgIpc) is 1.92. The van der Waals surface area contributed by atoms with E-state index >= 15 is 0 Å². The smallest absolute Gasteiger partial charge is 0.300 e. The maximum absolute atomic E-state index is 11.9. The number of rotatable bonds is 0. The fraction of sp³-hybridized carbons (Fsp3) is 0.200. The van der Waals surface area contributed by atoms with Gasteiger partial charge in [-0.2, -0.15) is 13.2 Å². The van der Waals surface area contributed by atoms with E-state index in [9.17, 15) is 18.0 Å². The second-order valence-electron chi connectivity index (χ2n) is 1.91. The Balaban J connectivity index is 3.33. The molecule has 0 atom stereocenters. The molecule has 7 heteroatoms. The van der Waals surface area contributed by atoms with Gasteiger partial charge in [0.1, 0.15) is 5.69 Å². The lowest BCUT2D eigenvalue weighted by molar-refractivity contribution is -0.141. The molecule has 0 bridgehead atoms. The summed E-state index contributed by atoms with van der Waals surface area (Å²) >= 11 is 5.13. The zero-order chi connectivity index (χ0) is 9.35. The van der Waals surface area contributed by atoms with Crippen molar-refractivity contribution < 1.29 is 13.2 Å². The van der Waals surface area contributed by atoms with Crippen molar-refractivity contribution in [3.8, 4) is 0 Å². The van der Waals surface area contributed by atoms with Gasteiger partial charge in [-0.25, -0.2) is 9.78 Å². The van der Waals surface area contributed by atoms with Crippen LogP contribution in [0.3, 0.4) is 0 Å². The van der Waals surface area contributed by atoms with Gasteiger partial charge in [0, 0.05) is 0 Å². The van der Waals surface area contributed by atoms with Gasteiger partial charge in [-0.1, -0.05) is 11.6 Å². The number of hydrogen-bond acceptors (Lipinski definition) is 2. The largest absolute Gasteiger partial charge is 0.432 e. The summed E-state index contributed by atoms with van der Waals surface area (Å²) in [4.78, 5) is 14.9. The predicted octanol–water partition coefficient (Wildman–Crippen LogP) is 1.44. The Kier molecular flexibility index (Phi) is 2.10. The molecule has 0 aromatic carbocycles. The number of hydrogen-bond donors (Lipinski definition) is 1. The van der Waals surface area contributed by atoms with E-state index in [4.69, 9.17) is 11.6 Å². The van der Waals surface area contributed by atoms with E-state index in [1.54, 1.807) is 0 Å². The number of aromatic amines is 1. The molecule has 1 heterocycles. The van der Waals surface area contributed by atoms with Gasteiger partial charge >= 0.3 is 11.9 Å². The molecular weight excluding hydrogens is 197 g/mol. The normalized spacial score (nSPS) is 11.7. The van der Waals surface area contributed by atoms with Crippen molar-refractivity contribution >= 4 is 11.6 Å². The lowest BCUT2D eigenvalue weighted by Crippen LogP contribution is -2.18. The van der Waals surface area contributed by atoms with E-state index in [0.29, 0.717) is 6.20 Å². The topological polar surface area (TPSA) is 45.8 Å². The summed E-state index contributed by atoms with van der Waals surface area (Å²) in [5, 5.41) is -0.623. The third kappa shape index (κ3) is 1.76. The highest BCUT2D eigenvalue weighted by atomic mass is 35.5. The number of nitrogens with one attached hydrogen (secondary N) is 1. The van der Waals surface area contributed by atoms with Crippen molar-refractivity contribution in [2.45, 2.75) is 6.18 Å². The molecule has 0 spiro atoms. The average molecular weight is 199 g/mol. The van der Waals surface area contributed by atoms with Gasteiger partial charge in [0.05, 0.1) is 11.2 Å². The molecule has 3 nitrogen and oxygen atoms in total. The summed E-state index contributed by atoms with van der Waals surface area (Å²) in [5.74, 6) is 0. The fourth-order valence-corrected chi connectivity index (χ4v) is 0.788. The summed E-state index contributed by atoms with van der Waals surface area (Å²) in [6.07, 6.45) is -4.00. The van der Waals surface area contributed by atoms with Crippen molar-refractivity contribution in [3.63, 3.8) is 0 Å². The van der Waals surface area contributed by atoms with Crippen LogP contribution in [0.25, 0.3) is 0 Å². The summed E-state index contributed by atoms with van der Waals surface area (Å²) in [7, 11) is 0. The van der Waals surface area contributed by atoms with Gasteiger partial charge in [0.15, 0.2) is 0 Å². The predicted molar refractivity (Wildman–Crippen MR) is 34.9 cm³/mol. The van der Waals surface area contributed by atoms with Crippen LogP contribution in [0, 0.1) is 0 Å². The minimum absolute atomic E-state index is 0.623. The van der Waals surface area contributed by atoms with E-state index < -0.39 is 22.6 Å². The molecule has 0 amide bonds. The van der Waals surface area contributed by atoms with Crippen molar-refractivity contribution in [2.24, 2.45) is 0 Å². The molecule has 1 aromatic rings. The van der Waals surface area contributed by atoms with Crippen LogP contribution in [-0.4, -0.2) is 9.97 Å². The van der Waals surface area contributed by atoms with Crippen LogP contribution < -0.4 is 5.69 Å². The fourth-order valence-electron chi connectivity index (χ4n) is 0.585. The first kappa shape index (κ1) is 9.05. The molecule has 0 aliphatic heterocycles. The highest BCUT2D eigenvalue weighted by Gasteiger charge is 2.34. The van der Waals surface area contributed by atoms with Crippen LogP contribution in [0.2, 0.25) is 5.02 Å². The molecule has 1 N–H and O–H groups in total. The summed E-state index contributed by atoms with van der Waals surface area (Å²) < 4.78 is 35.8. The maximum atomic E-state index is 11.9. The Morgan fingerprint density at radius 1 is 1.50 bits per heavy atom. The number of aromatic nitrogens is 2. The first-order valence-electron chi connectivity index (χ1n) is 2.73. The standard InChI is InChI=1S/C5H2ClF3N2O/c6-2-1-10-4(12)11-3(2)5(7,8)9/h1H,(H,10,11,12). The first-order chi connectivity index (χ1) is 5.41. The monoisotopic (exact) mass is 198 g/mol. The van der Waals surface area contributed by atoms with Gasteiger partial charge in [-0.05, 0) is 0 Å². The quantitative estimate of drug-likeness (QED) is 0.686. The Morgan fingerprint density at radius 2 is 2.08 bits per heavy atom. The van der Waals surface area contributed by atoms with Crippen LogP contribution in [0.5, 0.6) is 0 Å². The van der Waals surface area contributed by atoms with Crippen LogP contribution in [0.1, 0.15) is 5.69 Å². The molecule has 1 rings (SSSR count). The molecule has 0 aliphatic carbocycles. The Morgan fingerprint density at radius 3 is 2.50 bits per heavy atom. The van der Waals surface area contributed by atoms with Crippen LogP contribution in [0.4, 0.5) is 13.2 Å². The van der Waals surface area contributed by atoms with E-state index in [1.165, 1.54) is 4.98 Å². The molecule has 0 saturated heterocycles. The summed E-state index contributed by atoms with van der Waals surface area (Å²) in [6.45, 7) is 0. The second kappa shape index (κ2) is 2.78. The Bertz CT molecular complexity index is 345. The van der Waals surface area contributed by atoms with Crippen LogP contribution in [-0.2, 0) is 6.18 Å². The molecule has 1 aromatic heterocycles. The third-order valence-corrected chi connectivity index (χ3v) is 1.34. The van der Waals surface area contributed by atoms with Gasteiger partial charge < -0.3 is 4.98 Å². The zero-order valence-electron chi connectivity index (χ0n) is 5.44. The number of alkyl halides is 3. The van der Waals surface area contributed by atoms with E-state index in [0.717, 1.165) is 0 Å². The summed E-state index contributed by atoms with van der Waals surface area (Å²) in [5.41, 5.74) is -2.35. The van der Waals surface area contributed by atoms with Gasteiger partial charge in [0.2, 0.25) is 0 Å². The summed E-state index contributed by atoms with van der Waals surface area (Å²) in [6, 6.07) is 0. The lowest BCUT2D eigenvalue weighted by Gasteiger charge is -2.06. The molecule has 12 heavy (non-hydrogen) atoms. The minimum Gasteiger partial charge on any atom is -0.300 e. The molecule has 0 saturated carbocycles. The van der Waals surface area contributed by atoms with E-state index in [1.807, 2.05) is 0 Å². The van der Waals surface area contributed by atoms with Crippen LogP contribution in [0.15, 0.2) is 11.0 Å². The molecule has 0 unspecified atom stereocenters. The van der Waals surface area contributed by atoms with E-state index in [2.05, 4.69) is 4.98 Å². The van der Waals surface area contributed by atoms with Crippen LogP contribution >= 0.6 is 11.6 Å². The zero-order valence-corrected chi connectivity index (χ0v) is 6.20. The SMILES string of the molecule is O=c1ncc(Cl)c(C(F)(F)F)[nH]1.